The first-order valence-corrected chi connectivity index (χ1v) is 10.4. The highest BCUT2D eigenvalue weighted by atomic mass is 16.2. The van der Waals surface area contributed by atoms with Crippen molar-refractivity contribution in [3.63, 3.8) is 0 Å². The summed E-state index contributed by atoms with van der Waals surface area (Å²) in [6.45, 7) is 12.8. The number of aromatic nitrogens is 1. The highest BCUT2D eigenvalue weighted by molar-refractivity contribution is 5.79. The van der Waals surface area contributed by atoms with E-state index >= 15 is 0 Å². The van der Waals surface area contributed by atoms with Crippen LogP contribution in [0.1, 0.15) is 38.5 Å². The summed E-state index contributed by atoms with van der Waals surface area (Å²) in [6.07, 6.45) is 8.59. The monoisotopic (exact) mass is 367 g/mol. The second-order valence-corrected chi connectivity index (χ2v) is 8.05. The maximum atomic E-state index is 13.0. The standard InChI is InChI=1S/C21H29N5O/c1-22-18-6-7-20(23-16-18)25-12-8-17(9-13-25)21(27)26-11-3-10-24(14-15-26)19-4-2-5-19/h6-7,16-17,19H,2-5,8-15H2. The fourth-order valence-corrected chi connectivity index (χ4v) is 4.52. The molecule has 0 aromatic carbocycles. The lowest BCUT2D eigenvalue weighted by Crippen LogP contribution is -2.45. The number of pyridine rings is 1. The molecule has 4 rings (SSSR count). The van der Waals surface area contributed by atoms with Gasteiger partial charge in [0.25, 0.3) is 0 Å². The summed E-state index contributed by atoms with van der Waals surface area (Å²) in [7, 11) is 0. The molecule has 1 aromatic heterocycles. The molecule has 0 atom stereocenters. The summed E-state index contributed by atoms with van der Waals surface area (Å²) in [5, 5.41) is 0. The molecule has 27 heavy (non-hydrogen) atoms. The van der Waals surface area contributed by atoms with E-state index < -0.39 is 0 Å². The lowest BCUT2D eigenvalue weighted by atomic mass is 9.91. The summed E-state index contributed by atoms with van der Waals surface area (Å²) in [4.78, 5) is 27.8. The second-order valence-electron chi connectivity index (χ2n) is 8.05. The quantitative estimate of drug-likeness (QED) is 0.771. The highest BCUT2D eigenvalue weighted by Gasteiger charge is 2.32. The largest absolute Gasteiger partial charge is 0.357 e. The number of nitrogens with zero attached hydrogens (tertiary/aromatic N) is 5. The molecule has 0 bridgehead atoms. The fraction of sp³-hybridized carbons (Fsp3) is 0.667. The van der Waals surface area contributed by atoms with Crippen molar-refractivity contribution in [3.05, 3.63) is 29.7 Å². The smallest absolute Gasteiger partial charge is 0.225 e. The van der Waals surface area contributed by atoms with Crippen LogP contribution in [0.3, 0.4) is 0 Å². The third-order valence-corrected chi connectivity index (χ3v) is 6.46. The van der Waals surface area contributed by atoms with Crippen LogP contribution in [0.5, 0.6) is 0 Å². The van der Waals surface area contributed by atoms with Crippen LogP contribution >= 0.6 is 0 Å². The van der Waals surface area contributed by atoms with Gasteiger partial charge in [-0.3, -0.25) is 14.7 Å². The van der Waals surface area contributed by atoms with Crippen molar-refractivity contribution in [2.45, 2.75) is 44.6 Å². The van der Waals surface area contributed by atoms with Crippen LogP contribution in [0.25, 0.3) is 4.85 Å². The first kappa shape index (κ1) is 18.2. The van der Waals surface area contributed by atoms with E-state index in [1.807, 2.05) is 12.1 Å². The normalized spacial score (nSPS) is 22.8. The van der Waals surface area contributed by atoms with E-state index in [1.165, 1.54) is 19.3 Å². The van der Waals surface area contributed by atoms with Gasteiger partial charge in [-0.2, -0.15) is 0 Å². The van der Waals surface area contributed by atoms with Gasteiger partial charge in [-0.05, 0) is 38.2 Å². The van der Waals surface area contributed by atoms with Gasteiger partial charge in [-0.25, -0.2) is 4.85 Å². The van der Waals surface area contributed by atoms with Crippen LogP contribution < -0.4 is 4.90 Å². The van der Waals surface area contributed by atoms with Crippen LogP contribution in [-0.4, -0.2) is 66.0 Å². The van der Waals surface area contributed by atoms with Crippen LogP contribution in [0.2, 0.25) is 0 Å². The van der Waals surface area contributed by atoms with E-state index in [1.54, 1.807) is 6.20 Å². The number of hydrogen-bond donors (Lipinski definition) is 0. The van der Waals surface area contributed by atoms with Crippen molar-refractivity contribution in [2.75, 3.05) is 44.2 Å². The number of hydrogen-bond acceptors (Lipinski definition) is 4. The number of amides is 1. The average Bonchev–Trinajstić information content (AvgIpc) is 2.92. The summed E-state index contributed by atoms with van der Waals surface area (Å²) in [5.74, 6) is 1.43. The summed E-state index contributed by atoms with van der Waals surface area (Å²) >= 11 is 0. The van der Waals surface area contributed by atoms with Gasteiger partial charge < -0.3 is 9.80 Å². The van der Waals surface area contributed by atoms with Crippen LogP contribution in [0, 0.1) is 12.5 Å². The zero-order valence-corrected chi connectivity index (χ0v) is 16.0. The van der Waals surface area contributed by atoms with Gasteiger partial charge in [-0.15, -0.1) is 0 Å². The maximum Gasteiger partial charge on any atom is 0.225 e. The summed E-state index contributed by atoms with van der Waals surface area (Å²) in [5.41, 5.74) is 0.570. The summed E-state index contributed by atoms with van der Waals surface area (Å²) in [6, 6.07) is 4.52. The van der Waals surface area contributed by atoms with Crippen molar-refractivity contribution < 1.29 is 4.79 Å². The minimum Gasteiger partial charge on any atom is -0.357 e. The Morgan fingerprint density at radius 1 is 1.00 bits per heavy atom. The Labute approximate surface area is 162 Å². The van der Waals surface area contributed by atoms with Gasteiger partial charge in [0.1, 0.15) is 5.82 Å². The molecule has 0 N–H and O–H groups in total. The number of rotatable bonds is 3. The van der Waals surface area contributed by atoms with Crippen molar-refractivity contribution in [2.24, 2.45) is 5.92 Å². The minimum absolute atomic E-state index is 0.152. The molecule has 1 aliphatic carbocycles. The Balaban J connectivity index is 1.28. The van der Waals surface area contributed by atoms with Crippen LogP contribution in [0.15, 0.2) is 18.3 Å². The Kier molecular flexibility index (Phi) is 5.58. The number of carbonyl (C=O) groups is 1. The zero-order chi connectivity index (χ0) is 18.6. The van der Waals surface area contributed by atoms with Gasteiger partial charge in [0.05, 0.1) is 6.57 Å². The second kappa shape index (κ2) is 8.26. The third kappa shape index (κ3) is 4.08. The van der Waals surface area contributed by atoms with Crippen LogP contribution in [-0.2, 0) is 4.79 Å². The molecule has 1 amide bonds. The van der Waals surface area contributed by atoms with Crippen molar-refractivity contribution >= 4 is 17.4 Å². The molecule has 6 heteroatoms. The SMILES string of the molecule is [C-]#[N+]c1ccc(N2CCC(C(=O)N3CCCN(C4CCC4)CC3)CC2)nc1. The molecule has 3 heterocycles. The Bertz CT molecular complexity index is 686. The molecule has 1 aromatic rings. The molecule has 6 nitrogen and oxygen atoms in total. The van der Waals surface area contributed by atoms with Gasteiger partial charge in [-0.1, -0.05) is 12.5 Å². The van der Waals surface area contributed by atoms with Crippen molar-refractivity contribution in [3.8, 4) is 0 Å². The molecule has 2 saturated heterocycles. The third-order valence-electron chi connectivity index (χ3n) is 6.46. The first-order chi connectivity index (χ1) is 13.2. The van der Waals surface area contributed by atoms with E-state index in [0.29, 0.717) is 11.6 Å². The fourth-order valence-electron chi connectivity index (χ4n) is 4.52. The molecule has 3 aliphatic rings. The van der Waals surface area contributed by atoms with E-state index in [9.17, 15) is 4.79 Å². The average molecular weight is 367 g/mol. The maximum absolute atomic E-state index is 13.0. The molecule has 2 aliphatic heterocycles. The van der Waals surface area contributed by atoms with Crippen molar-refractivity contribution in [1.82, 2.24) is 14.8 Å². The Hall–Kier alpha value is -2.13. The predicted molar refractivity (Wildman–Crippen MR) is 106 cm³/mol. The van der Waals surface area contributed by atoms with E-state index in [0.717, 1.165) is 70.4 Å². The molecular formula is C21H29N5O. The molecular weight excluding hydrogens is 338 g/mol. The predicted octanol–water partition coefficient (Wildman–Crippen LogP) is 2.94. The molecule has 0 unspecified atom stereocenters. The molecule has 3 fully saturated rings. The van der Waals surface area contributed by atoms with Gasteiger partial charge >= 0.3 is 0 Å². The van der Waals surface area contributed by atoms with Crippen molar-refractivity contribution in [1.29, 1.82) is 0 Å². The van der Waals surface area contributed by atoms with E-state index in [2.05, 4.69) is 24.5 Å². The van der Waals surface area contributed by atoms with Crippen LogP contribution in [0.4, 0.5) is 11.5 Å². The topological polar surface area (TPSA) is 44.0 Å². The minimum atomic E-state index is 0.152. The first-order valence-electron chi connectivity index (χ1n) is 10.4. The zero-order valence-electron chi connectivity index (χ0n) is 16.0. The van der Waals surface area contributed by atoms with E-state index in [-0.39, 0.29) is 5.92 Å². The molecule has 1 saturated carbocycles. The highest BCUT2D eigenvalue weighted by Crippen LogP contribution is 2.27. The Morgan fingerprint density at radius 3 is 2.44 bits per heavy atom. The molecule has 0 radical (unpaired) electrons. The Morgan fingerprint density at radius 2 is 1.81 bits per heavy atom. The molecule has 0 spiro atoms. The summed E-state index contributed by atoms with van der Waals surface area (Å²) < 4.78 is 0. The number of carbonyl (C=O) groups excluding carboxylic acids is 1. The van der Waals surface area contributed by atoms with Gasteiger partial charge in [0.2, 0.25) is 11.6 Å². The molecule has 144 valence electrons. The lowest BCUT2D eigenvalue weighted by Gasteiger charge is -2.37. The van der Waals surface area contributed by atoms with Gasteiger partial charge in [0, 0.05) is 57.4 Å². The number of anilines is 1. The number of piperidine rings is 1. The van der Waals surface area contributed by atoms with Gasteiger partial charge in [0.15, 0.2) is 0 Å². The van der Waals surface area contributed by atoms with E-state index in [4.69, 9.17) is 6.57 Å². The lowest BCUT2D eigenvalue weighted by molar-refractivity contribution is -0.136.